The molecule has 0 bridgehead atoms. The maximum atomic E-state index is 4.17. The highest BCUT2D eigenvalue weighted by Crippen LogP contribution is 2.10. The molecule has 0 aliphatic rings. The number of fused-ring (bicyclic) bond motifs is 1. The van der Waals surface area contributed by atoms with Crippen LogP contribution in [0.25, 0.3) is 11.0 Å². The minimum atomic E-state index is 0.571. The van der Waals surface area contributed by atoms with Crippen LogP contribution in [0, 0.1) is 0 Å². The Bertz CT molecular complexity index is 461. The van der Waals surface area contributed by atoms with E-state index in [2.05, 4.69) is 35.5 Å². The lowest BCUT2D eigenvalue weighted by Gasteiger charge is -2.07. The fraction of sp³-hybridized carbons (Fsp3) is 0.538. The molecule has 0 radical (unpaired) electrons. The summed E-state index contributed by atoms with van der Waals surface area (Å²) in [5.74, 6) is 0. The highest BCUT2D eigenvalue weighted by Gasteiger charge is 2.02. The molecule has 0 saturated heterocycles. The second kappa shape index (κ2) is 5.77. The molecule has 0 aliphatic carbocycles. The molecular formula is C13H20N4. The summed E-state index contributed by atoms with van der Waals surface area (Å²) in [6.45, 7) is 6.36. The highest BCUT2D eigenvalue weighted by atomic mass is 15.4. The van der Waals surface area contributed by atoms with E-state index < -0.39 is 0 Å². The van der Waals surface area contributed by atoms with Gasteiger partial charge < -0.3 is 5.32 Å². The van der Waals surface area contributed by atoms with Crippen molar-refractivity contribution in [3.8, 4) is 0 Å². The lowest BCUT2D eigenvalue weighted by Crippen LogP contribution is -2.23. The summed E-state index contributed by atoms with van der Waals surface area (Å²) in [5.41, 5.74) is 2.11. The number of benzene rings is 1. The fourth-order valence-corrected chi connectivity index (χ4v) is 1.86. The number of hydrogen-bond donors (Lipinski definition) is 1. The van der Waals surface area contributed by atoms with Crippen molar-refractivity contribution in [3.63, 3.8) is 0 Å². The van der Waals surface area contributed by atoms with Crippen molar-refractivity contribution in [2.45, 2.75) is 39.3 Å². The third-order valence-electron chi connectivity index (χ3n) is 2.77. The van der Waals surface area contributed by atoms with Gasteiger partial charge in [-0.25, -0.2) is 4.68 Å². The maximum absolute atomic E-state index is 4.17. The zero-order valence-corrected chi connectivity index (χ0v) is 10.6. The van der Waals surface area contributed by atoms with Gasteiger partial charge in [0.2, 0.25) is 0 Å². The molecule has 17 heavy (non-hydrogen) atoms. The zero-order chi connectivity index (χ0) is 12.1. The van der Waals surface area contributed by atoms with E-state index in [1.807, 2.05) is 22.9 Å². The quantitative estimate of drug-likeness (QED) is 0.776. The molecule has 1 aromatic carbocycles. The lowest BCUT2D eigenvalue weighted by atomic mass is 10.2. The first-order valence-corrected chi connectivity index (χ1v) is 6.29. The van der Waals surface area contributed by atoms with E-state index >= 15 is 0 Å². The van der Waals surface area contributed by atoms with Crippen LogP contribution in [0.3, 0.4) is 0 Å². The third kappa shape index (κ3) is 3.27. The lowest BCUT2D eigenvalue weighted by molar-refractivity contribution is 0.512. The van der Waals surface area contributed by atoms with Crippen LogP contribution in [-0.4, -0.2) is 27.6 Å². The van der Waals surface area contributed by atoms with Gasteiger partial charge in [-0.3, -0.25) is 0 Å². The van der Waals surface area contributed by atoms with E-state index in [4.69, 9.17) is 0 Å². The van der Waals surface area contributed by atoms with Gasteiger partial charge in [0, 0.05) is 12.6 Å². The number of hydrogen-bond acceptors (Lipinski definition) is 3. The Kier molecular flexibility index (Phi) is 4.09. The summed E-state index contributed by atoms with van der Waals surface area (Å²) < 4.78 is 1.99. The van der Waals surface area contributed by atoms with Crippen LogP contribution >= 0.6 is 0 Å². The molecule has 4 heteroatoms. The number of unbranched alkanes of at least 4 members (excludes halogenated alkanes) is 1. The zero-order valence-electron chi connectivity index (χ0n) is 10.6. The van der Waals surface area contributed by atoms with Gasteiger partial charge in [-0.05, 0) is 31.5 Å². The Labute approximate surface area is 102 Å². The molecule has 0 aliphatic heterocycles. The van der Waals surface area contributed by atoms with Gasteiger partial charge in [-0.1, -0.05) is 31.2 Å². The van der Waals surface area contributed by atoms with Crippen LogP contribution in [0.15, 0.2) is 24.3 Å². The predicted molar refractivity (Wildman–Crippen MR) is 69.9 cm³/mol. The molecule has 0 fully saturated rings. The largest absolute Gasteiger partial charge is 0.315 e. The molecule has 1 aromatic heterocycles. The normalized spacial score (nSPS) is 11.5. The Morgan fingerprint density at radius 3 is 2.88 bits per heavy atom. The minimum absolute atomic E-state index is 0.571. The van der Waals surface area contributed by atoms with E-state index in [9.17, 15) is 0 Å². The Morgan fingerprint density at radius 2 is 2.06 bits per heavy atom. The number of aryl methyl sites for hydroxylation is 1. The first kappa shape index (κ1) is 12.0. The average Bonchev–Trinajstić information content (AvgIpc) is 2.72. The summed E-state index contributed by atoms with van der Waals surface area (Å²) >= 11 is 0. The van der Waals surface area contributed by atoms with Crippen LogP contribution in [0.5, 0.6) is 0 Å². The summed E-state index contributed by atoms with van der Waals surface area (Å²) in [7, 11) is 0. The van der Waals surface area contributed by atoms with E-state index in [-0.39, 0.29) is 0 Å². The van der Waals surface area contributed by atoms with Crippen LogP contribution in [0.4, 0.5) is 0 Å². The Morgan fingerprint density at radius 1 is 1.24 bits per heavy atom. The molecule has 1 N–H and O–H groups in total. The number of nitrogens with zero attached hydrogens (tertiary/aromatic N) is 3. The number of rotatable bonds is 6. The summed E-state index contributed by atoms with van der Waals surface area (Å²) in [6, 6.07) is 8.67. The van der Waals surface area contributed by atoms with Crippen LogP contribution in [-0.2, 0) is 6.54 Å². The maximum Gasteiger partial charge on any atom is 0.113 e. The summed E-state index contributed by atoms with van der Waals surface area (Å²) in [6.07, 6.45) is 2.31. The summed E-state index contributed by atoms with van der Waals surface area (Å²) in [5, 5.41) is 11.7. The molecule has 4 nitrogen and oxygen atoms in total. The van der Waals surface area contributed by atoms with Crippen molar-refractivity contribution >= 4 is 11.0 Å². The van der Waals surface area contributed by atoms with Gasteiger partial charge in [0.25, 0.3) is 0 Å². The molecular weight excluding hydrogens is 212 g/mol. The van der Waals surface area contributed by atoms with Crippen molar-refractivity contribution in [3.05, 3.63) is 24.3 Å². The molecule has 0 amide bonds. The van der Waals surface area contributed by atoms with E-state index in [0.717, 1.165) is 30.5 Å². The van der Waals surface area contributed by atoms with Crippen LogP contribution in [0.2, 0.25) is 0 Å². The van der Waals surface area contributed by atoms with Crippen LogP contribution < -0.4 is 5.32 Å². The van der Waals surface area contributed by atoms with Gasteiger partial charge in [0.1, 0.15) is 5.52 Å². The smallest absolute Gasteiger partial charge is 0.113 e. The Balaban J connectivity index is 1.83. The topological polar surface area (TPSA) is 42.7 Å². The fourth-order valence-electron chi connectivity index (χ4n) is 1.86. The predicted octanol–water partition coefficient (Wildman–Crippen LogP) is 2.21. The van der Waals surface area contributed by atoms with Crippen molar-refractivity contribution in [1.29, 1.82) is 0 Å². The van der Waals surface area contributed by atoms with Crippen molar-refractivity contribution < 1.29 is 0 Å². The SMILES string of the molecule is CC(C)NCCCCn1nnc2ccccc21. The second-order valence-electron chi connectivity index (χ2n) is 4.62. The third-order valence-corrected chi connectivity index (χ3v) is 2.77. The van der Waals surface area contributed by atoms with E-state index in [1.54, 1.807) is 0 Å². The highest BCUT2D eigenvalue weighted by molar-refractivity contribution is 5.73. The molecule has 0 unspecified atom stereocenters. The standard InChI is InChI=1S/C13H20N4/c1-11(2)14-9-5-6-10-17-13-8-4-3-7-12(13)15-16-17/h3-4,7-8,11,14H,5-6,9-10H2,1-2H3. The van der Waals surface area contributed by atoms with Gasteiger partial charge in [-0.2, -0.15) is 0 Å². The van der Waals surface area contributed by atoms with E-state index in [0.29, 0.717) is 6.04 Å². The van der Waals surface area contributed by atoms with Crippen molar-refractivity contribution in [2.24, 2.45) is 0 Å². The Hall–Kier alpha value is -1.42. The number of para-hydroxylation sites is 1. The molecule has 2 aromatic rings. The molecule has 2 rings (SSSR count). The van der Waals surface area contributed by atoms with Gasteiger partial charge in [0.15, 0.2) is 0 Å². The van der Waals surface area contributed by atoms with E-state index in [1.165, 1.54) is 6.42 Å². The summed E-state index contributed by atoms with van der Waals surface area (Å²) in [4.78, 5) is 0. The molecule has 1 heterocycles. The molecule has 0 saturated carbocycles. The minimum Gasteiger partial charge on any atom is -0.315 e. The first-order chi connectivity index (χ1) is 8.27. The van der Waals surface area contributed by atoms with Gasteiger partial charge in [0.05, 0.1) is 5.52 Å². The second-order valence-corrected chi connectivity index (χ2v) is 4.62. The van der Waals surface area contributed by atoms with Gasteiger partial charge >= 0.3 is 0 Å². The molecule has 92 valence electrons. The number of aromatic nitrogens is 3. The average molecular weight is 232 g/mol. The monoisotopic (exact) mass is 232 g/mol. The van der Waals surface area contributed by atoms with Crippen LogP contribution in [0.1, 0.15) is 26.7 Å². The molecule has 0 atom stereocenters. The van der Waals surface area contributed by atoms with Crippen molar-refractivity contribution in [2.75, 3.05) is 6.54 Å². The molecule has 0 spiro atoms. The first-order valence-electron chi connectivity index (χ1n) is 6.29. The van der Waals surface area contributed by atoms with Crippen molar-refractivity contribution in [1.82, 2.24) is 20.3 Å². The van der Waals surface area contributed by atoms with Gasteiger partial charge in [-0.15, -0.1) is 5.10 Å². The number of nitrogens with one attached hydrogen (secondary N) is 1.